The number of ether oxygens (including phenoxy) is 4. The summed E-state index contributed by atoms with van der Waals surface area (Å²) in [6.07, 6.45) is -0.714. The topological polar surface area (TPSA) is 193 Å². The largest absolute Gasteiger partial charge is 0.478 e. The maximum atomic E-state index is 14.9. The number of rotatable bonds is 7. The van der Waals surface area contributed by atoms with Gasteiger partial charge in [-0.3, -0.25) is 14.5 Å². The first-order valence-corrected chi connectivity index (χ1v) is 18.8. The summed E-state index contributed by atoms with van der Waals surface area (Å²) in [5, 5.41) is 52.2. The quantitative estimate of drug-likeness (QED) is 0.188. The van der Waals surface area contributed by atoms with E-state index >= 15 is 0 Å². The molecule has 3 saturated heterocycles. The van der Waals surface area contributed by atoms with Crippen molar-refractivity contribution in [3.05, 3.63) is 34.6 Å². The van der Waals surface area contributed by atoms with Gasteiger partial charge < -0.3 is 44.5 Å². The van der Waals surface area contributed by atoms with Crippen LogP contribution in [0.4, 0.5) is 0 Å². The first-order chi connectivity index (χ1) is 24.4. The molecular weight excluding hydrogens is 662 g/mol. The number of aliphatic carboxylic acids is 1. The van der Waals surface area contributed by atoms with Gasteiger partial charge in [0.1, 0.15) is 36.8 Å². The van der Waals surface area contributed by atoms with E-state index in [9.17, 15) is 39.9 Å². The highest BCUT2D eigenvalue weighted by Gasteiger charge is 2.76. The fraction of sp³-hybridized carbons (Fsp3) is 0.763. The summed E-state index contributed by atoms with van der Waals surface area (Å²) < 4.78 is 23.5. The second-order valence-corrected chi connectivity index (χ2v) is 17.0. The Morgan fingerprint density at radius 1 is 1.04 bits per heavy atom. The van der Waals surface area contributed by atoms with Crippen LogP contribution in [0.2, 0.25) is 0 Å². The zero-order valence-electron chi connectivity index (χ0n) is 29.1. The molecule has 2 saturated carbocycles. The number of hydrogen-bond donors (Lipinski definition) is 5. The van der Waals surface area contributed by atoms with Gasteiger partial charge in [-0.1, -0.05) is 31.1 Å². The molecule has 0 amide bonds. The Hall–Kier alpha value is -2.65. The number of ketones is 1. The van der Waals surface area contributed by atoms with E-state index in [0.717, 1.165) is 51.5 Å². The lowest BCUT2D eigenvalue weighted by Crippen LogP contribution is -2.64. The number of nitrogens with zero attached hydrogens (tertiary/aromatic N) is 1. The van der Waals surface area contributed by atoms with E-state index in [-0.39, 0.29) is 35.3 Å². The molecule has 9 rings (SSSR count). The van der Waals surface area contributed by atoms with Crippen LogP contribution in [-0.2, 0) is 33.3 Å². The molecule has 5 N–H and O–H groups in total. The predicted molar refractivity (Wildman–Crippen MR) is 175 cm³/mol. The highest BCUT2D eigenvalue weighted by molar-refractivity contribution is 5.95. The molecule has 1 spiro atoms. The Labute approximate surface area is 296 Å². The lowest BCUT2D eigenvalue weighted by molar-refractivity contribution is -0.340. The van der Waals surface area contributed by atoms with Crippen molar-refractivity contribution < 1.29 is 58.9 Å². The maximum absolute atomic E-state index is 14.9. The van der Waals surface area contributed by atoms with Gasteiger partial charge in [-0.05, 0) is 68.3 Å². The van der Waals surface area contributed by atoms with Crippen LogP contribution in [0.15, 0.2) is 34.6 Å². The number of carboxylic acids is 1. The summed E-state index contributed by atoms with van der Waals surface area (Å²) in [4.78, 5) is 43.5. The number of carbonyl (C=O) groups is 3. The Kier molecular flexibility index (Phi) is 7.98. The maximum Gasteiger partial charge on any atom is 0.335 e. The average Bonchev–Trinajstić information content (AvgIpc) is 3.86. The predicted octanol–water partition coefficient (Wildman–Crippen LogP) is 1.29. The molecule has 16 atom stereocenters. The number of aliphatic hydroxyl groups is 4. The van der Waals surface area contributed by atoms with Crippen molar-refractivity contribution in [2.24, 2.45) is 52.3 Å². The molecule has 13 nitrogen and oxygen atoms in total. The molecule has 0 aromatic heterocycles. The number of aliphatic hydroxyl groups excluding tert-OH is 4. The van der Waals surface area contributed by atoms with E-state index in [2.05, 4.69) is 18.7 Å². The van der Waals surface area contributed by atoms with E-state index in [1.54, 1.807) is 6.08 Å². The van der Waals surface area contributed by atoms with E-state index in [1.807, 2.05) is 0 Å². The number of hydrogen-bond acceptors (Lipinski definition) is 12. The van der Waals surface area contributed by atoms with E-state index in [4.69, 9.17) is 18.9 Å². The summed E-state index contributed by atoms with van der Waals surface area (Å²) in [5.74, 6) is -2.44. The van der Waals surface area contributed by atoms with Crippen LogP contribution in [0.1, 0.15) is 58.8 Å². The molecule has 5 aliphatic carbocycles. The van der Waals surface area contributed by atoms with Crippen LogP contribution in [0.5, 0.6) is 0 Å². The molecule has 13 heteroatoms. The fourth-order valence-corrected chi connectivity index (χ4v) is 12.7. The van der Waals surface area contributed by atoms with Crippen molar-refractivity contribution in [1.29, 1.82) is 0 Å². The minimum atomic E-state index is -1.71. The molecule has 0 aromatic rings. The van der Waals surface area contributed by atoms with Crippen LogP contribution >= 0.6 is 0 Å². The zero-order valence-corrected chi connectivity index (χ0v) is 29.1. The first kappa shape index (κ1) is 34.1. The smallest absolute Gasteiger partial charge is 0.335 e. The number of piperidine rings is 1. The highest BCUT2D eigenvalue weighted by atomic mass is 16.8. The summed E-state index contributed by atoms with van der Waals surface area (Å²) >= 11 is 0. The second kappa shape index (κ2) is 11.9. The van der Waals surface area contributed by atoms with Crippen molar-refractivity contribution in [3.63, 3.8) is 0 Å². The number of carboxylic acid groups (broad SMARTS) is 1. The number of allylic oxidation sites excluding steroid dienone is 3. The summed E-state index contributed by atoms with van der Waals surface area (Å²) in [7, 11) is 0. The molecule has 2 unspecified atom stereocenters. The van der Waals surface area contributed by atoms with Crippen LogP contribution in [0.25, 0.3) is 0 Å². The van der Waals surface area contributed by atoms with E-state index in [0.29, 0.717) is 36.2 Å². The van der Waals surface area contributed by atoms with Gasteiger partial charge in [-0.25, -0.2) is 4.79 Å². The van der Waals surface area contributed by atoms with E-state index < -0.39 is 78.7 Å². The van der Waals surface area contributed by atoms with Gasteiger partial charge >= 0.3 is 11.9 Å². The standard InChI is InChI=1S/C38H49NO12/c1-16-11-39-12-19-6-3-17-4-8-21-23(10-38(28(17)21)32(44)22(16)9-26(39)37(19,38)2)34(47)48-15-25-29(41)30(42)31(43)36(50-25)51-35-27-18(13-40)5-7-20(27)24(14-49-35)33(45)46/h5,14,16,19-23,25-27,29-31,35-36,40-43H,3-4,6-13,15H2,1-2H3,(H,45,46)/t16-,19-,20-,21-,22-,23-,25-,26-,27-,29-,30+,31-,35?,36+,37-,38?/m1/s1. The molecule has 278 valence electrons. The number of esters is 1. The number of carbonyl (C=O) groups excluding carboxylic acids is 2. The third kappa shape index (κ3) is 4.55. The van der Waals surface area contributed by atoms with E-state index in [1.165, 1.54) is 11.1 Å². The van der Waals surface area contributed by atoms with Crippen molar-refractivity contribution in [2.45, 2.75) is 102 Å². The van der Waals surface area contributed by atoms with Gasteiger partial charge in [0.15, 0.2) is 6.29 Å². The molecule has 9 aliphatic rings. The van der Waals surface area contributed by atoms with Crippen molar-refractivity contribution in [2.75, 3.05) is 26.3 Å². The molecule has 5 fully saturated rings. The molecule has 2 bridgehead atoms. The van der Waals surface area contributed by atoms with Crippen molar-refractivity contribution >= 4 is 17.7 Å². The monoisotopic (exact) mass is 711 g/mol. The Morgan fingerprint density at radius 3 is 2.59 bits per heavy atom. The van der Waals surface area contributed by atoms with Crippen LogP contribution in [0.3, 0.4) is 0 Å². The van der Waals surface area contributed by atoms with Gasteiger partial charge in [0.25, 0.3) is 0 Å². The molecule has 0 aromatic carbocycles. The highest BCUT2D eigenvalue weighted by Crippen LogP contribution is 2.75. The second-order valence-electron chi connectivity index (χ2n) is 17.0. The summed E-state index contributed by atoms with van der Waals surface area (Å²) in [6, 6.07) is 0.322. The van der Waals surface area contributed by atoms with Crippen molar-refractivity contribution in [1.82, 2.24) is 4.90 Å². The minimum absolute atomic E-state index is 0.0145. The molecular formula is C38H49NO12. The molecule has 4 heterocycles. The number of fused-ring (bicyclic) bond motifs is 2. The third-order valence-corrected chi connectivity index (χ3v) is 15.2. The van der Waals surface area contributed by atoms with Gasteiger partial charge in [0.05, 0.1) is 35.7 Å². The zero-order chi connectivity index (χ0) is 35.7. The van der Waals surface area contributed by atoms with Crippen molar-refractivity contribution in [3.8, 4) is 0 Å². The Morgan fingerprint density at radius 2 is 1.82 bits per heavy atom. The first-order valence-electron chi connectivity index (χ1n) is 18.8. The number of Topliss-reactive ketones (excluding diaryl/α,β-unsaturated/α-hetero) is 1. The Balaban J connectivity index is 0.939. The third-order valence-electron chi connectivity index (χ3n) is 15.2. The SMILES string of the molecule is C[C@@H]1CN2C[C@H]3CCC4=C5[C@H](CC4)[C@H](C(=O)OC[C@H]4O[C@@H](OC6OC=C(C(=O)O)[C@H]7CC=C(CO)[C@@H]67)[C@H](O)[C@@H](O)[C@@H]4O)CC54C(=O)[C@@H]1C[C@@H]2[C@@]34C. The lowest BCUT2D eigenvalue weighted by atomic mass is 9.45. The molecule has 0 radical (unpaired) electrons. The lowest BCUT2D eigenvalue weighted by Gasteiger charge is -2.59. The van der Waals surface area contributed by atoms with Gasteiger partial charge in [-0.2, -0.15) is 0 Å². The van der Waals surface area contributed by atoms with Crippen LogP contribution < -0.4 is 0 Å². The van der Waals surface area contributed by atoms with Gasteiger partial charge in [-0.15, -0.1) is 0 Å². The van der Waals surface area contributed by atoms with Gasteiger partial charge in [0.2, 0.25) is 6.29 Å². The molecule has 51 heavy (non-hydrogen) atoms. The minimum Gasteiger partial charge on any atom is -0.478 e. The fourth-order valence-electron chi connectivity index (χ4n) is 12.7. The van der Waals surface area contributed by atoms with Gasteiger partial charge in [0, 0.05) is 36.4 Å². The van der Waals surface area contributed by atoms with Crippen LogP contribution in [0, 0.1) is 52.3 Å². The summed E-state index contributed by atoms with van der Waals surface area (Å²) in [6.45, 7) is 5.73. The van der Waals surface area contributed by atoms with Crippen LogP contribution in [-0.4, -0.2) is 117 Å². The average molecular weight is 712 g/mol. The summed E-state index contributed by atoms with van der Waals surface area (Å²) in [5.41, 5.74) is 2.24. The Bertz CT molecular complexity index is 1620. The normalized spacial score (nSPS) is 49.5. The molecule has 4 aliphatic heterocycles.